The molecule has 1 fully saturated rings. The second-order valence-electron chi connectivity index (χ2n) is 5.93. The molecule has 0 unspecified atom stereocenters. The van der Waals surface area contributed by atoms with Crippen LogP contribution >= 0.6 is 11.3 Å². The van der Waals surface area contributed by atoms with Crippen molar-refractivity contribution in [3.8, 4) is 0 Å². The first-order chi connectivity index (χ1) is 13.0. The molecule has 1 saturated heterocycles. The van der Waals surface area contributed by atoms with Gasteiger partial charge in [-0.2, -0.15) is 0 Å². The van der Waals surface area contributed by atoms with Crippen molar-refractivity contribution in [2.45, 2.75) is 30.0 Å². The third kappa shape index (κ3) is 6.67. The zero-order chi connectivity index (χ0) is 19.7. The highest BCUT2D eigenvalue weighted by molar-refractivity contribution is 7.91. The number of sulfonamides is 1. The van der Waals surface area contributed by atoms with E-state index in [0.29, 0.717) is 36.4 Å². The van der Waals surface area contributed by atoms with Crippen molar-refractivity contribution in [1.82, 2.24) is 20.3 Å². The quantitative estimate of drug-likeness (QED) is 0.344. The third-order valence-corrected chi connectivity index (χ3v) is 6.91. The van der Waals surface area contributed by atoms with Gasteiger partial charge in [0.25, 0.3) is 0 Å². The van der Waals surface area contributed by atoms with E-state index in [0.717, 1.165) is 12.8 Å². The second kappa shape index (κ2) is 10.5. The number of carbonyl (C=O) groups is 1. The maximum Gasteiger partial charge on any atom is 0.409 e. The van der Waals surface area contributed by atoms with E-state index in [-0.39, 0.29) is 18.7 Å². The van der Waals surface area contributed by atoms with E-state index in [2.05, 4.69) is 20.3 Å². The number of guanidine groups is 1. The van der Waals surface area contributed by atoms with Crippen LogP contribution in [0.3, 0.4) is 0 Å². The number of ether oxygens (including phenoxy) is 1. The molecule has 1 aromatic heterocycles. The van der Waals surface area contributed by atoms with Gasteiger partial charge in [-0.25, -0.2) is 17.9 Å². The summed E-state index contributed by atoms with van der Waals surface area (Å²) < 4.78 is 32.0. The molecule has 2 heterocycles. The van der Waals surface area contributed by atoms with Crippen LogP contribution in [-0.2, 0) is 14.8 Å². The molecule has 3 N–H and O–H groups in total. The molecule has 2 rings (SSSR count). The number of hydrogen-bond donors (Lipinski definition) is 3. The summed E-state index contributed by atoms with van der Waals surface area (Å²) in [5.41, 5.74) is 0. The highest BCUT2D eigenvalue weighted by atomic mass is 32.2. The molecular weight excluding hydrogens is 390 g/mol. The van der Waals surface area contributed by atoms with Crippen LogP contribution in [0.5, 0.6) is 0 Å². The van der Waals surface area contributed by atoms with Gasteiger partial charge in [0.2, 0.25) is 10.0 Å². The van der Waals surface area contributed by atoms with Crippen LogP contribution in [-0.4, -0.2) is 71.2 Å². The van der Waals surface area contributed by atoms with Crippen molar-refractivity contribution in [2.75, 3.05) is 39.8 Å². The number of nitrogens with zero attached hydrogens (tertiary/aromatic N) is 2. The summed E-state index contributed by atoms with van der Waals surface area (Å²) >= 11 is 1.18. The van der Waals surface area contributed by atoms with Crippen LogP contribution in [0.1, 0.15) is 19.8 Å². The fourth-order valence-electron chi connectivity index (χ4n) is 2.66. The van der Waals surface area contributed by atoms with E-state index >= 15 is 0 Å². The summed E-state index contributed by atoms with van der Waals surface area (Å²) in [6.07, 6.45) is 1.33. The van der Waals surface area contributed by atoms with Crippen LogP contribution < -0.4 is 15.4 Å². The van der Waals surface area contributed by atoms with Crippen molar-refractivity contribution in [3.63, 3.8) is 0 Å². The van der Waals surface area contributed by atoms with Gasteiger partial charge in [0.05, 0.1) is 6.61 Å². The summed E-state index contributed by atoms with van der Waals surface area (Å²) in [5, 5.41) is 8.13. The molecule has 0 aromatic carbocycles. The molecule has 27 heavy (non-hydrogen) atoms. The van der Waals surface area contributed by atoms with E-state index in [4.69, 9.17) is 4.74 Å². The van der Waals surface area contributed by atoms with E-state index in [9.17, 15) is 13.2 Å². The van der Waals surface area contributed by atoms with Crippen molar-refractivity contribution in [1.29, 1.82) is 0 Å². The van der Waals surface area contributed by atoms with E-state index < -0.39 is 10.0 Å². The highest BCUT2D eigenvalue weighted by Gasteiger charge is 2.24. The van der Waals surface area contributed by atoms with Gasteiger partial charge in [-0.15, -0.1) is 11.3 Å². The van der Waals surface area contributed by atoms with Crippen LogP contribution in [0, 0.1) is 0 Å². The van der Waals surface area contributed by atoms with Gasteiger partial charge in [-0.3, -0.25) is 4.99 Å². The molecule has 0 spiro atoms. The van der Waals surface area contributed by atoms with Gasteiger partial charge in [0.15, 0.2) is 5.96 Å². The lowest BCUT2D eigenvalue weighted by Crippen LogP contribution is -2.50. The third-order valence-electron chi connectivity index (χ3n) is 4.05. The topological polar surface area (TPSA) is 112 Å². The normalized spacial score (nSPS) is 16.2. The average Bonchev–Trinajstić information content (AvgIpc) is 3.20. The summed E-state index contributed by atoms with van der Waals surface area (Å²) in [4.78, 5) is 17.6. The number of nitrogens with one attached hydrogen (secondary N) is 3. The average molecular weight is 418 g/mol. The number of amides is 1. The number of aliphatic imine (C=N–C) groups is 1. The first-order valence-electron chi connectivity index (χ1n) is 8.88. The van der Waals surface area contributed by atoms with Gasteiger partial charge in [-0.05, 0) is 31.2 Å². The van der Waals surface area contributed by atoms with Gasteiger partial charge in [0, 0.05) is 39.3 Å². The monoisotopic (exact) mass is 417 g/mol. The molecule has 0 aliphatic carbocycles. The molecule has 0 bridgehead atoms. The Balaban J connectivity index is 1.69. The molecule has 1 aliphatic heterocycles. The standard InChI is InChI=1S/C16H27N5O4S2/c1-3-25-16(22)21-10-6-13(7-11-21)20-15(17-2)18-8-9-19-27(23,24)14-5-4-12-26-14/h4-5,12-13,19H,3,6-11H2,1-2H3,(H2,17,18,20). The molecule has 1 aromatic rings. The Morgan fingerprint density at radius 2 is 2.11 bits per heavy atom. The highest BCUT2D eigenvalue weighted by Crippen LogP contribution is 2.14. The Morgan fingerprint density at radius 1 is 1.37 bits per heavy atom. The molecule has 11 heteroatoms. The zero-order valence-corrected chi connectivity index (χ0v) is 17.2. The lowest BCUT2D eigenvalue weighted by atomic mass is 10.1. The van der Waals surface area contributed by atoms with E-state index in [1.807, 2.05) is 0 Å². The predicted molar refractivity (Wildman–Crippen MR) is 106 cm³/mol. The Morgan fingerprint density at radius 3 is 2.70 bits per heavy atom. The number of carbonyl (C=O) groups excluding carboxylic acids is 1. The second-order valence-corrected chi connectivity index (χ2v) is 8.87. The minimum absolute atomic E-state index is 0.199. The van der Waals surface area contributed by atoms with Crippen LogP contribution in [0.2, 0.25) is 0 Å². The Kier molecular flexibility index (Phi) is 8.32. The van der Waals surface area contributed by atoms with E-state index in [1.54, 1.807) is 36.4 Å². The minimum atomic E-state index is -3.45. The number of thiophene rings is 1. The fraction of sp³-hybridized carbons (Fsp3) is 0.625. The molecule has 0 atom stereocenters. The Bertz CT molecular complexity index is 713. The van der Waals surface area contributed by atoms with Crippen molar-refractivity contribution in [3.05, 3.63) is 17.5 Å². The van der Waals surface area contributed by atoms with Gasteiger partial charge >= 0.3 is 6.09 Å². The molecule has 0 saturated carbocycles. The first kappa shape index (κ1) is 21.5. The molecule has 1 amide bonds. The van der Waals surface area contributed by atoms with Crippen LogP contribution in [0.25, 0.3) is 0 Å². The van der Waals surface area contributed by atoms with Gasteiger partial charge < -0.3 is 20.3 Å². The number of hydrogen-bond acceptors (Lipinski definition) is 6. The molecule has 9 nitrogen and oxygen atoms in total. The van der Waals surface area contributed by atoms with Gasteiger partial charge in [-0.1, -0.05) is 6.07 Å². The summed E-state index contributed by atoms with van der Waals surface area (Å²) in [6.45, 7) is 4.10. The minimum Gasteiger partial charge on any atom is -0.450 e. The van der Waals surface area contributed by atoms with E-state index in [1.165, 1.54) is 11.3 Å². The zero-order valence-electron chi connectivity index (χ0n) is 15.6. The lowest BCUT2D eigenvalue weighted by molar-refractivity contribution is 0.0963. The molecular formula is C16H27N5O4S2. The fourth-order valence-corrected chi connectivity index (χ4v) is 4.73. The predicted octanol–water partition coefficient (Wildman–Crippen LogP) is 0.812. The molecule has 152 valence electrons. The summed E-state index contributed by atoms with van der Waals surface area (Å²) in [5.74, 6) is 0.611. The number of likely N-dealkylation sites (tertiary alicyclic amines) is 1. The van der Waals surface area contributed by atoms with Crippen molar-refractivity contribution >= 4 is 33.4 Å². The molecule has 1 aliphatic rings. The van der Waals surface area contributed by atoms with Crippen LogP contribution in [0.15, 0.2) is 26.7 Å². The smallest absolute Gasteiger partial charge is 0.409 e. The number of piperidine rings is 1. The van der Waals surface area contributed by atoms with Crippen LogP contribution in [0.4, 0.5) is 4.79 Å². The summed E-state index contributed by atoms with van der Waals surface area (Å²) in [6, 6.07) is 3.48. The van der Waals surface area contributed by atoms with Gasteiger partial charge in [0.1, 0.15) is 4.21 Å². The Hall–Kier alpha value is -1.85. The molecule has 0 radical (unpaired) electrons. The Labute approximate surface area is 164 Å². The largest absolute Gasteiger partial charge is 0.450 e. The SMILES string of the molecule is CCOC(=O)N1CCC(NC(=NC)NCCNS(=O)(=O)c2cccs2)CC1. The van der Waals surface area contributed by atoms with Crippen molar-refractivity contribution < 1.29 is 17.9 Å². The number of rotatable bonds is 7. The maximum atomic E-state index is 12.0. The van der Waals surface area contributed by atoms with Crippen molar-refractivity contribution in [2.24, 2.45) is 4.99 Å². The lowest BCUT2D eigenvalue weighted by Gasteiger charge is -2.32. The first-order valence-corrected chi connectivity index (χ1v) is 11.2. The maximum absolute atomic E-state index is 12.0. The summed E-state index contributed by atoms with van der Waals surface area (Å²) in [7, 11) is -1.78.